The molecular weight excluding hydrogens is 286 g/mol. The summed E-state index contributed by atoms with van der Waals surface area (Å²) in [6.07, 6.45) is 6.42. The van der Waals surface area contributed by atoms with Crippen LogP contribution in [0.3, 0.4) is 0 Å². The van der Waals surface area contributed by atoms with Crippen LogP contribution >= 0.6 is 0 Å². The second kappa shape index (κ2) is 8.65. The molecule has 0 bridgehead atoms. The Hall–Kier alpha value is 0.274. The van der Waals surface area contributed by atoms with Crippen molar-refractivity contribution < 1.29 is 13.3 Å². The molecule has 1 saturated heterocycles. The van der Waals surface area contributed by atoms with E-state index in [1.165, 1.54) is 38.1 Å². The standard InChI is InChI=1S/C14H33NO3Si2/c1-16-19(4,5)13-9-7-6-8-11-15-12-10-14-20(15,17-2)18-3/h6-14H2,1-5H3. The van der Waals surface area contributed by atoms with Crippen LogP contribution in [-0.2, 0) is 13.3 Å². The maximum Gasteiger partial charge on any atom is 0.427 e. The largest absolute Gasteiger partial charge is 0.427 e. The van der Waals surface area contributed by atoms with Gasteiger partial charge in [0.2, 0.25) is 0 Å². The summed E-state index contributed by atoms with van der Waals surface area (Å²) in [6.45, 7) is 6.89. The summed E-state index contributed by atoms with van der Waals surface area (Å²) < 4.78 is 19.5. The van der Waals surface area contributed by atoms with Gasteiger partial charge in [0.05, 0.1) is 0 Å². The van der Waals surface area contributed by atoms with Crippen molar-refractivity contribution in [3.8, 4) is 0 Å². The highest BCUT2D eigenvalue weighted by Gasteiger charge is 2.46. The number of unbranched alkanes of at least 4 members (excludes halogenated alkanes) is 3. The highest BCUT2D eigenvalue weighted by molar-refractivity contribution is 6.71. The summed E-state index contributed by atoms with van der Waals surface area (Å²) in [5.41, 5.74) is 0. The first kappa shape index (κ1) is 18.3. The van der Waals surface area contributed by atoms with Crippen LogP contribution in [0.1, 0.15) is 32.1 Å². The molecule has 0 amide bonds. The molecule has 1 fully saturated rings. The van der Waals surface area contributed by atoms with E-state index in [0.29, 0.717) is 0 Å². The van der Waals surface area contributed by atoms with Crippen molar-refractivity contribution in [1.29, 1.82) is 0 Å². The van der Waals surface area contributed by atoms with Gasteiger partial charge in [0.1, 0.15) is 0 Å². The van der Waals surface area contributed by atoms with Crippen molar-refractivity contribution in [2.45, 2.75) is 57.3 Å². The first-order valence-corrected chi connectivity index (χ1v) is 13.0. The van der Waals surface area contributed by atoms with E-state index in [9.17, 15) is 0 Å². The predicted molar refractivity (Wildman–Crippen MR) is 88.5 cm³/mol. The third kappa shape index (κ3) is 5.23. The molecule has 0 atom stereocenters. The normalized spacial score (nSPS) is 19.6. The minimum Gasteiger partial charge on any atom is -0.420 e. The van der Waals surface area contributed by atoms with Gasteiger partial charge in [0.25, 0.3) is 0 Å². The van der Waals surface area contributed by atoms with Gasteiger partial charge in [-0.1, -0.05) is 19.3 Å². The number of rotatable bonds is 10. The van der Waals surface area contributed by atoms with E-state index in [0.717, 1.165) is 19.1 Å². The summed E-state index contributed by atoms with van der Waals surface area (Å²) in [5.74, 6) is 0. The van der Waals surface area contributed by atoms with Crippen LogP contribution in [-0.4, -0.2) is 56.0 Å². The van der Waals surface area contributed by atoms with Crippen LogP contribution in [0, 0.1) is 0 Å². The zero-order valence-corrected chi connectivity index (χ0v) is 16.0. The zero-order chi connectivity index (χ0) is 15.1. The molecule has 4 nitrogen and oxygen atoms in total. The maximum atomic E-state index is 5.73. The number of hydrogen-bond acceptors (Lipinski definition) is 4. The fraction of sp³-hybridized carbons (Fsp3) is 1.00. The average molecular weight is 320 g/mol. The fourth-order valence-electron chi connectivity index (χ4n) is 2.96. The molecule has 120 valence electrons. The van der Waals surface area contributed by atoms with Crippen molar-refractivity contribution >= 4 is 17.0 Å². The zero-order valence-electron chi connectivity index (χ0n) is 14.0. The molecule has 20 heavy (non-hydrogen) atoms. The van der Waals surface area contributed by atoms with E-state index in [1.54, 1.807) is 0 Å². The van der Waals surface area contributed by atoms with Crippen molar-refractivity contribution in [3.05, 3.63) is 0 Å². The van der Waals surface area contributed by atoms with Gasteiger partial charge in [0, 0.05) is 27.4 Å². The Morgan fingerprint density at radius 3 is 2.25 bits per heavy atom. The highest BCUT2D eigenvalue weighted by atomic mass is 28.4. The Morgan fingerprint density at radius 1 is 1.00 bits per heavy atom. The van der Waals surface area contributed by atoms with Gasteiger partial charge in [-0.05, 0) is 45.1 Å². The second-order valence-electron chi connectivity index (χ2n) is 6.34. The van der Waals surface area contributed by atoms with E-state index >= 15 is 0 Å². The molecule has 0 N–H and O–H groups in total. The average Bonchev–Trinajstić information content (AvgIpc) is 2.86. The molecular formula is C14H33NO3Si2. The monoisotopic (exact) mass is 319 g/mol. The van der Waals surface area contributed by atoms with E-state index in [2.05, 4.69) is 17.7 Å². The van der Waals surface area contributed by atoms with Crippen LogP contribution in [0.5, 0.6) is 0 Å². The molecule has 0 spiro atoms. The Kier molecular flexibility index (Phi) is 7.93. The quantitative estimate of drug-likeness (QED) is 0.456. The molecule has 1 heterocycles. The second-order valence-corrected chi connectivity index (χ2v) is 14.1. The highest BCUT2D eigenvalue weighted by Crippen LogP contribution is 2.27. The lowest BCUT2D eigenvalue weighted by molar-refractivity contribution is 0.181. The van der Waals surface area contributed by atoms with E-state index in [4.69, 9.17) is 13.3 Å². The summed E-state index contributed by atoms with van der Waals surface area (Å²) in [4.78, 5) is 0. The van der Waals surface area contributed by atoms with Crippen molar-refractivity contribution in [3.63, 3.8) is 0 Å². The van der Waals surface area contributed by atoms with Crippen LogP contribution in [0.15, 0.2) is 0 Å². The molecule has 6 heteroatoms. The van der Waals surface area contributed by atoms with Crippen LogP contribution in [0.2, 0.25) is 25.2 Å². The Morgan fingerprint density at radius 2 is 1.65 bits per heavy atom. The molecule has 0 radical (unpaired) electrons. The summed E-state index contributed by atoms with van der Waals surface area (Å²) >= 11 is 0. The third-order valence-corrected chi connectivity index (χ3v) is 10.9. The summed E-state index contributed by atoms with van der Waals surface area (Å²) in [5, 5.41) is 0. The van der Waals surface area contributed by atoms with E-state index < -0.39 is 17.0 Å². The summed E-state index contributed by atoms with van der Waals surface area (Å²) in [7, 11) is 2.15. The molecule has 0 aromatic heterocycles. The van der Waals surface area contributed by atoms with Gasteiger partial charge in [-0.2, -0.15) is 0 Å². The third-order valence-electron chi connectivity index (χ3n) is 4.55. The van der Waals surface area contributed by atoms with Crippen LogP contribution in [0.25, 0.3) is 0 Å². The predicted octanol–water partition coefficient (Wildman–Crippen LogP) is 3.34. The van der Waals surface area contributed by atoms with Crippen molar-refractivity contribution in [2.75, 3.05) is 34.4 Å². The van der Waals surface area contributed by atoms with Crippen LogP contribution < -0.4 is 0 Å². The smallest absolute Gasteiger partial charge is 0.420 e. The van der Waals surface area contributed by atoms with Gasteiger partial charge < -0.3 is 13.3 Å². The molecule has 0 aromatic carbocycles. The minimum atomic E-state index is -1.99. The maximum absolute atomic E-state index is 5.73. The van der Waals surface area contributed by atoms with Gasteiger partial charge in [-0.3, -0.25) is 4.57 Å². The molecule has 0 unspecified atom stereocenters. The first-order chi connectivity index (χ1) is 9.49. The lowest BCUT2D eigenvalue weighted by Gasteiger charge is -2.31. The van der Waals surface area contributed by atoms with E-state index in [1.807, 2.05) is 21.3 Å². The number of nitrogens with zero attached hydrogens (tertiary/aromatic N) is 1. The van der Waals surface area contributed by atoms with Crippen LogP contribution in [0.4, 0.5) is 0 Å². The van der Waals surface area contributed by atoms with Gasteiger partial charge in [-0.25, -0.2) is 0 Å². The molecule has 0 aromatic rings. The Balaban J connectivity index is 2.15. The SMILES string of the molecule is CO[Si](C)(C)CCCCCCN1CCC[Si]1(OC)OC. The lowest BCUT2D eigenvalue weighted by atomic mass is 10.2. The molecule has 1 aliphatic heterocycles. The van der Waals surface area contributed by atoms with E-state index in [-0.39, 0.29) is 0 Å². The molecule has 1 rings (SSSR count). The molecule has 0 aliphatic carbocycles. The summed E-state index contributed by atoms with van der Waals surface area (Å²) in [6, 6.07) is 2.40. The van der Waals surface area contributed by atoms with Gasteiger partial charge in [0.15, 0.2) is 8.32 Å². The molecule has 0 saturated carbocycles. The first-order valence-electron chi connectivity index (χ1n) is 7.90. The molecule has 1 aliphatic rings. The van der Waals surface area contributed by atoms with Gasteiger partial charge >= 0.3 is 8.72 Å². The Labute approximate surface area is 127 Å². The number of hydrogen-bond donors (Lipinski definition) is 0. The topological polar surface area (TPSA) is 30.9 Å². The van der Waals surface area contributed by atoms with Crippen molar-refractivity contribution in [2.24, 2.45) is 0 Å². The Bertz CT molecular complexity index is 273. The van der Waals surface area contributed by atoms with Crippen molar-refractivity contribution in [1.82, 2.24) is 4.57 Å². The lowest BCUT2D eigenvalue weighted by Crippen LogP contribution is -2.53. The fourth-order valence-corrected chi connectivity index (χ4v) is 7.27. The van der Waals surface area contributed by atoms with Gasteiger partial charge in [-0.15, -0.1) is 0 Å². The minimum absolute atomic E-state index is 1.12.